The average molecular weight is 471 g/mol. The first-order chi connectivity index (χ1) is 14.1. The van der Waals surface area contributed by atoms with Crippen LogP contribution in [0.25, 0.3) is 10.3 Å². The molecule has 1 aromatic carbocycles. The van der Waals surface area contributed by atoms with Crippen molar-refractivity contribution >= 4 is 48.9 Å². The van der Waals surface area contributed by atoms with Crippen LogP contribution in [0.1, 0.15) is 38.0 Å². The molecule has 1 unspecified atom stereocenters. The second-order valence-electron chi connectivity index (χ2n) is 7.41. The van der Waals surface area contributed by atoms with Gasteiger partial charge in [0.2, 0.25) is 9.84 Å². The van der Waals surface area contributed by atoms with Gasteiger partial charge >= 0.3 is 4.87 Å². The van der Waals surface area contributed by atoms with E-state index in [1.165, 1.54) is 6.92 Å². The van der Waals surface area contributed by atoms with Crippen LogP contribution in [0.3, 0.4) is 0 Å². The van der Waals surface area contributed by atoms with Crippen LogP contribution in [0, 0.1) is 5.92 Å². The number of hydrogen-bond acceptors (Lipinski definition) is 8. The molecule has 3 aromatic rings. The van der Waals surface area contributed by atoms with Gasteiger partial charge in [-0.15, -0.1) is 0 Å². The minimum absolute atomic E-state index is 0.133. The van der Waals surface area contributed by atoms with Crippen LogP contribution in [0.2, 0.25) is 5.02 Å². The van der Waals surface area contributed by atoms with E-state index in [4.69, 9.17) is 11.6 Å². The number of nitrogens with one attached hydrogen (secondary N) is 2. The van der Waals surface area contributed by atoms with Gasteiger partial charge in [0.1, 0.15) is 4.70 Å². The molecule has 2 atom stereocenters. The van der Waals surface area contributed by atoms with Crippen LogP contribution in [0.15, 0.2) is 34.2 Å². The number of thiazole rings is 1. The number of rotatable bonds is 8. The maximum atomic E-state index is 13.3. The molecule has 2 aromatic heterocycles. The van der Waals surface area contributed by atoms with Crippen molar-refractivity contribution in [1.82, 2.24) is 15.0 Å². The number of H-pyrrole nitrogens is 1. The summed E-state index contributed by atoms with van der Waals surface area (Å²) < 4.78 is 27.0. The Balaban J connectivity index is 2.10. The normalized spacial score (nSPS) is 14.2. The van der Waals surface area contributed by atoms with Crippen LogP contribution >= 0.6 is 22.9 Å². The third-order valence-electron chi connectivity index (χ3n) is 4.64. The zero-order valence-corrected chi connectivity index (χ0v) is 19.1. The van der Waals surface area contributed by atoms with E-state index in [-0.39, 0.29) is 29.0 Å². The molecule has 0 radical (unpaired) electrons. The Hall–Kier alpha value is -2.01. The van der Waals surface area contributed by atoms with Crippen molar-refractivity contribution in [2.75, 3.05) is 11.9 Å². The highest BCUT2D eigenvalue weighted by Gasteiger charge is 2.31. The summed E-state index contributed by atoms with van der Waals surface area (Å²) in [5, 5.41) is 11.7. The summed E-state index contributed by atoms with van der Waals surface area (Å²) in [7, 11) is -4.01. The highest BCUT2D eigenvalue weighted by molar-refractivity contribution is 7.91. The summed E-state index contributed by atoms with van der Waals surface area (Å²) in [6, 6.07) is 6.33. The van der Waals surface area contributed by atoms with E-state index in [1.807, 2.05) is 13.8 Å². The molecule has 30 heavy (non-hydrogen) atoms. The maximum Gasteiger partial charge on any atom is 0.306 e. The summed E-state index contributed by atoms with van der Waals surface area (Å²) in [6.45, 7) is 5.37. The smallest absolute Gasteiger partial charge is 0.306 e. The van der Waals surface area contributed by atoms with Crippen LogP contribution < -0.4 is 10.2 Å². The Labute approximate surface area is 183 Å². The first kappa shape index (κ1) is 22.7. The Morgan fingerprint density at radius 2 is 1.93 bits per heavy atom. The molecule has 0 aliphatic carbocycles. The van der Waals surface area contributed by atoms with Crippen molar-refractivity contribution in [3.05, 3.63) is 44.5 Å². The number of halogens is 1. The van der Waals surface area contributed by atoms with Crippen molar-refractivity contribution < 1.29 is 13.5 Å². The SMILES string of the molecule is CC(C)C[C@H](CO)Nc1nc(S(=O)(=O)C(C)c2ccccc2Cl)nc2[nH]c(=O)sc12. The molecule has 0 aliphatic rings. The molecular formula is C19H23ClN4O4S2. The Bertz CT molecular complexity index is 1210. The number of hydrogen-bond donors (Lipinski definition) is 3. The largest absolute Gasteiger partial charge is 0.394 e. The maximum absolute atomic E-state index is 13.3. The summed E-state index contributed by atoms with van der Waals surface area (Å²) >= 11 is 7.07. The number of aromatic nitrogens is 3. The minimum Gasteiger partial charge on any atom is -0.394 e. The van der Waals surface area contributed by atoms with Crippen molar-refractivity contribution in [1.29, 1.82) is 0 Å². The van der Waals surface area contributed by atoms with Gasteiger partial charge < -0.3 is 10.4 Å². The summed E-state index contributed by atoms with van der Waals surface area (Å²) in [6.07, 6.45) is 0.638. The van der Waals surface area contributed by atoms with Crippen molar-refractivity contribution in [3.8, 4) is 0 Å². The lowest BCUT2D eigenvalue weighted by Gasteiger charge is -2.20. The van der Waals surface area contributed by atoms with E-state index < -0.39 is 20.2 Å². The van der Waals surface area contributed by atoms with Gasteiger partial charge in [0.15, 0.2) is 11.5 Å². The van der Waals surface area contributed by atoms with Gasteiger partial charge in [-0.2, -0.15) is 9.97 Å². The number of aliphatic hydroxyl groups excluding tert-OH is 1. The monoisotopic (exact) mass is 470 g/mol. The molecule has 0 saturated heterocycles. The minimum atomic E-state index is -4.01. The molecule has 8 nitrogen and oxygen atoms in total. The van der Waals surface area contributed by atoms with Gasteiger partial charge in [-0.05, 0) is 30.9 Å². The van der Waals surface area contributed by atoms with Gasteiger partial charge in [-0.25, -0.2) is 8.42 Å². The zero-order valence-electron chi connectivity index (χ0n) is 16.7. The number of benzene rings is 1. The van der Waals surface area contributed by atoms with Gasteiger partial charge in [-0.3, -0.25) is 9.78 Å². The Morgan fingerprint density at radius 3 is 2.57 bits per heavy atom. The lowest BCUT2D eigenvalue weighted by molar-refractivity contribution is 0.259. The Kier molecular flexibility index (Phi) is 6.81. The number of anilines is 1. The molecule has 2 heterocycles. The summed E-state index contributed by atoms with van der Waals surface area (Å²) in [5.74, 6) is 0.494. The number of nitrogens with zero attached hydrogens (tertiary/aromatic N) is 2. The fourth-order valence-corrected chi connectivity index (χ4v) is 5.51. The first-order valence-corrected chi connectivity index (χ1v) is 12.1. The van der Waals surface area contributed by atoms with E-state index >= 15 is 0 Å². The van der Waals surface area contributed by atoms with Crippen molar-refractivity contribution in [2.45, 2.75) is 43.6 Å². The molecule has 11 heteroatoms. The van der Waals surface area contributed by atoms with Gasteiger partial charge in [0.05, 0.1) is 17.9 Å². The van der Waals surface area contributed by atoms with E-state index in [0.29, 0.717) is 27.6 Å². The lowest BCUT2D eigenvalue weighted by atomic mass is 10.0. The van der Waals surface area contributed by atoms with E-state index in [0.717, 1.165) is 11.3 Å². The Morgan fingerprint density at radius 1 is 1.23 bits per heavy atom. The third kappa shape index (κ3) is 4.66. The molecular weight excluding hydrogens is 448 g/mol. The molecule has 162 valence electrons. The fourth-order valence-electron chi connectivity index (χ4n) is 3.12. The molecule has 0 saturated carbocycles. The molecule has 0 amide bonds. The molecule has 3 N–H and O–H groups in total. The molecule has 0 bridgehead atoms. The lowest BCUT2D eigenvalue weighted by Crippen LogP contribution is -2.26. The van der Waals surface area contributed by atoms with Crippen molar-refractivity contribution in [2.24, 2.45) is 5.92 Å². The van der Waals surface area contributed by atoms with Crippen molar-refractivity contribution in [3.63, 3.8) is 0 Å². The average Bonchev–Trinajstić information content (AvgIpc) is 3.07. The number of aromatic amines is 1. The molecule has 0 fully saturated rings. The first-order valence-electron chi connectivity index (χ1n) is 9.40. The number of aliphatic hydroxyl groups is 1. The van der Waals surface area contributed by atoms with Crippen LogP contribution in [-0.4, -0.2) is 41.1 Å². The summed E-state index contributed by atoms with van der Waals surface area (Å²) in [5.41, 5.74) is 0.567. The quantitative estimate of drug-likeness (QED) is 0.431. The molecule has 3 rings (SSSR count). The number of fused-ring (bicyclic) bond motifs is 1. The fraction of sp³-hybridized carbons (Fsp3) is 0.421. The molecule has 0 spiro atoms. The standard InChI is InChI=1S/C19H23ClN4O4S2/c1-10(2)8-12(9-25)21-16-15-17(24-19(26)29-15)23-18(22-16)30(27,28)11(3)13-6-4-5-7-14(13)20/h4-7,10-12,25H,8-9H2,1-3H3,(H2,21,22,23,24,26)/t11?,12-/m1/s1. The van der Waals surface area contributed by atoms with E-state index in [2.05, 4.69) is 20.3 Å². The summed E-state index contributed by atoms with van der Waals surface area (Å²) in [4.78, 5) is 22.4. The van der Waals surface area contributed by atoms with E-state index in [1.54, 1.807) is 24.3 Å². The highest BCUT2D eigenvalue weighted by atomic mass is 35.5. The second-order valence-corrected chi connectivity index (χ2v) is 11.0. The second kappa shape index (κ2) is 9.01. The topological polar surface area (TPSA) is 125 Å². The number of sulfone groups is 1. The third-order valence-corrected chi connectivity index (χ3v) is 7.74. The van der Waals surface area contributed by atoms with Gasteiger partial charge in [0, 0.05) is 5.02 Å². The van der Waals surface area contributed by atoms with Crippen LogP contribution in [-0.2, 0) is 9.84 Å². The predicted molar refractivity (Wildman–Crippen MR) is 119 cm³/mol. The van der Waals surface area contributed by atoms with Crippen LogP contribution in [0.4, 0.5) is 5.82 Å². The van der Waals surface area contributed by atoms with E-state index in [9.17, 15) is 18.3 Å². The van der Waals surface area contributed by atoms with Gasteiger partial charge in [0.25, 0.3) is 5.16 Å². The predicted octanol–water partition coefficient (Wildman–Crippen LogP) is 3.39. The van der Waals surface area contributed by atoms with Crippen LogP contribution in [0.5, 0.6) is 0 Å². The van der Waals surface area contributed by atoms with Gasteiger partial charge in [-0.1, -0.05) is 55.0 Å². The zero-order chi connectivity index (χ0) is 22.1. The highest BCUT2D eigenvalue weighted by Crippen LogP contribution is 2.33. The molecule has 0 aliphatic heterocycles.